The Morgan fingerprint density at radius 2 is 1.81 bits per heavy atom. The molecular formula is C21H22ClN3O. The second-order valence-corrected chi connectivity index (χ2v) is 7.59. The van der Waals surface area contributed by atoms with Crippen LogP contribution in [0.4, 0.5) is 0 Å². The van der Waals surface area contributed by atoms with E-state index in [0.29, 0.717) is 5.71 Å². The zero-order valence-corrected chi connectivity index (χ0v) is 15.6. The average molecular weight is 368 g/mol. The molecule has 1 amide bonds. The van der Waals surface area contributed by atoms with Crippen LogP contribution in [0.3, 0.4) is 0 Å². The van der Waals surface area contributed by atoms with Crippen LogP contribution in [0.5, 0.6) is 0 Å². The Morgan fingerprint density at radius 3 is 2.50 bits per heavy atom. The number of amides is 1. The minimum absolute atomic E-state index is 0.0617. The third-order valence-electron chi connectivity index (χ3n) is 5.25. The summed E-state index contributed by atoms with van der Waals surface area (Å²) in [6.45, 7) is 4.64. The van der Waals surface area contributed by atoms with Gasteiger partial charge >= 0.3 is 0 Å². The van der Waals surface area contributed by atoms with Crippen LogP contribution in [-0.2, 0) is 11.3 Å². The second-order valence-electron chi connectivity index (χ2n) is 7.18. The number of carbonyl (C=O) groups excluding carboxylic acids is 1. The monoisotopic (exact) mass is 367 g/mol. The Kier molecular flexibility index (Phi) is 4.55. The van der Waals surface area contributed by atoms with E-state index in [0.717, 1.165) is 48.6 Å². The highest BCUT2D eigenvalue weighted by atomic mass is 35.5. The van der Waals surface area contributed by atoms with E-state index in [1.807, 2.05) is 49.4 Å². The number of nitrogens with zero attached hydrogens (tertiary/aromatic N) is 2. The van der Waals surface area contributed by atoms with Crippen molar-refractivity contribution in [1.29, 1.82) is 0 Å². The molecule has 0 bridgehead atoms. The van der Waals surface area contributed by atoms with Crippen molar-refractivity contribution in [3.8, 4) is 0 Å². The number of likely N-dealkylation sites (tertiary alicyclic amines) is 1. The maximum absolute atomic E-state index is 12.5. The summed E-state index contributed by atoms with van der Waals surface area (Å²) < 4.78 is 0. The van der Waals surface area contributed by atoms with Crippen molar-refractivity contribution in [2.75, 3.05) is 13.1 Å². The maximum Gasteiger partial charge on any atom is 0.272 e. The molecule has 1 spiro atoms. The number of hydrogen-bond acceptors (Lipinski definition) is 3. The summed E-state index contributed by atoms with van der Waals surface area (Å²) >= 11 is 6.28. The number of benzene rings is 2. The molecule has 0 aromatic heterocycles. The summed E-state index contributed by atoms with van der Waals surface area (Å²) in [4.78, 5) is 19.7. The first-order valence-electron chi connectivity index (χ1n) is 9.00. The zero-order chi connectivity index (χ0) is 18.1. The molecule has 134 valence electrons. The van der Waals surface area contributed by atoms with Crippen LogP contribution in [-0.4, -0.2) is 35.3 Å². The van der Waals surface area contributed by atoms with Crippen molar-refractivity contribution in [2.24, 2.45) is 4.99 Å². The van der Waals surface area contributed by atoms with Gasteiger partial charge in [0.25, 0.3) is 5.91 Å². The van der Waals surface area contributed by atoms with Gasteiger partial charge in [-0.2, -0.15) is 0 Å². The third kappa shape index (κ3) is 3.39. The van der Waals surface area contributed by atoms with Crippen LogP contribution >= 0.6 is 11.6 Å². The lowest BCUT2D eigenvalue weighted by molar-refractivity contribution is -0.115. The SMILES string of the molecule is Cc1ccc(C2=NC3(CCN(Cc4ccccc4Cl)CC3)NC2=O)cc1. The summed E-state index contributed by atoms with van der Waals surface area (Å²) in [7, 11) is 0. The van der Waals surface area contributed by atoms with Crippen molar-refractivity contribution < 1.29 is 4.79 Å². The highest BCUT2D eigenvalue weighted by Gasteiger charge is 2.42. The molecule has 2 heterocycles. The van der Waals surface area contributed by atoms with Gasteiger partial charge in [-0.3, -0.25) is 14.7 Å². The van der Waals surface area contributed by atoms with Gasteiger partial charge in [0.05, 0.1) is 0 Å². The van der Waals surface area contributed by atoms with Crippen molar-refractivity contribution in [3.63, 3.8) is 0 Å². The minimum Gasteiger partial charge on any atom is -0.326 e. The van der Waals surface area contributed by atoms with E-state index < -0.39 is 5.66 Å². The van der Waals surface area contributed by atoms with E-state index in [1.165, 1.54) is 5.56 Å². The lowest BCUT2D eigenvalue weighted by Crippen LogP contribution is -2.50. The first-order valence-corrected chi connectivity index (χ1v) is 9.38. The van der Waals surface area contributed by atoms with Crippen LogP contribution in [0.1, 0.15) is 29.5 Å². The Morgan fingerprint density at radius 1 is 1.12 bits per heavy atom. The smallest absolute Gasteiger partial charge is 0.272 e. The van der Waals surface area contributed by atoms with E-state index in [-0.39, 0.29) is 5.91 Å². The highest BCUT2D eigenvalue weighted by Crippen LogP contribution is 2.30. The lowest BCUT2D eigenvalue weighted by Gasteiger charge is -2.37. The van der Waals surface area contributed by atoms with E-state index >= 15 is 0 Å². The molecule has 4 rings (SSSR count). The summed E-state index contributed by atoms with van der Waals surface area (Å²) in [5.41, 5.74) is 3.32. The molecule has 2 aromatic carbocycles. The normalized spacial score (nSPS) is 19.5. The molecule has 2 aliphatic heterocycles. The summed E-state index contributed by atoms with van der Waals surface area (Å²) in [6.07, 6.45) is 1.64. The molecule has 5 heteroatoms. The fraction of sp³-hybridized carbons (Fsp3) is 0.333. The number of rotatable bonds is 3. The highest BCUT2D eigenvalue weighted by molar-refractivity contribution is 6.46. The van der Waals surface area contributed by atoms with E-state index in [1.54, 1.807) is 0 Å². The van der Waals surface area contributed by atoms with Gasteiger partial charge in [0, 0.05) is 43.1 Å². The first-order chi connectivity index (χ1) is 12.5. The lowest BCUT2D eigenvalue weighted by atomic mass is 9.97. The van der Waals surface area contributed by atoms with Gasteiger partial charge in [0.15, 0.2) is 0 Å². The number of halogens is 1. The van der Waals surface area contributed by atoms with E-state index in [2.05, 4.69) is 16.3 Å². The molecule has 1 fully saturated rings. The Balaban J connectivity index is 1.46. The fourth-order valence-electron chi connectivity index (χ4n) is 3.66. The Labute approximate surface area is 158 Å². The van der Waals surface area contributed by atoms with E-state index in [9.17, 15) is 4.79 Å². The topological polar surface area (TPSA) is 44.7 Å². The van der Waals surface area contributed by atoms with Crippen LogP contribution < -0.4 is 5.32 Å². The number of nitrogens with one attached hydrogen (secondary N) is 1. The number of aryl methyl sites for hydroxylation is 1. The predicted octanol–water partition coefficient (Wildman–Crippen LogP) is 3.56. The molecule has 1 N–H and O–H groups in total. The third-order valence-corrected chi connectivity index (χ3v) is 5.62. The molecule has 0 radical (unpaired) electrons. The average Bonchev–Trinajstić information content (AvgIpc) is 2.96. The quantitative estimate of drug-likeness (QED) is 0.901. The molecule has 0 saturated carbocycles. The van der Waals surface area contributed by atoms with Crippen LogP contribution in [0, 0.1) is 6.92 Å². The van der Waals surface area contributed by atoms with Crippen LogP contribution in [0.2, 0.25) is 5.02 Å². The number of piperidine rings is 1. The largest absolute Gasteiger partial charge is 0.326 e. The van der Waals surface area contributed by atoms with Crippen LogP contribution in [0.25, 0.3) is 0 Å². The molecule has 2 aromatic rings. The number of hydrogen-bond donors (Lipinski definition) is 1. The Hall–Kier alpha value is -2.17. The minimum atomic E-state index is -0.450. The first kappa shape index (κ1) is 17.3. The van der Waals surface area contributed by atoms with Crippen molar-refractivity contribution in [2.45, 2.75) is 32.0 Å². The zero-order valence-electron chi connectivity index (χ0n) is 14.8. The van der Waals surface area contributed by atoms with Crippen LogP contribution in [0.15, 0.2) is 53.5 Å². The predicted molar refractivity (Wildman–Crippen MR) is 105 cm³/mol. The van der Waals surface area contributed by atoms with Gasteiger partial charge in [-0.1, -0.05) is 59.6 Å². The molecule has 2 aliphatic rings. The molecule has 0 unspecified atom stereocenters. The molecule has 1 saturated heterocycles. The summed E-state index contributed by atoms with van der Waals surface area (Å²) in [5.74, 6) is -0.0617. The van der Waals surface area contributed by atoms with Gasteiger partial charge in [0.2, 0.25) is 0 Å². The summed E-state index contributed by atoms with van der Waals surface area (Å²) in [5, 5.41) is 3.94. The van der Waals surface area contributed by atoms with Gasteiger partial charge in [-0.25, -0.2) is 0 Å². The standard InChI is InChI=1S/C21H22ClN3O/c1-15-6-8-16(9-7-15)19-20(26)24-21(23-19)10-12-25(13-11-21)14-17-4-2-3-5-18(17)22/h2-9H,10-14H2,1H3,(H,24,26). The maximum atomic E-state index is 12.5. The summed E-state index contributed by atoms with van der Waals surface area (Å²) in [6, 6.07) is 15.9. The molecular weight excluding hydrogens is 346 g/mol. The van der Waals surface area contributed by atoms with E-state index in [4.69, 9.17) is 16.6 Å². The number of carbonyl (C=O) groups is 1. The van der Waals surface area contributed by atoms with Crippen molar-refractivity contribution in [1.82, 2.24) is 10.2 Å². The van der Waals surface area contributed by atoms with Gasteiger partial charge in [-0.15, -0.1) is 0 Å². The van der Waals surface area contributed by atoms with Crippen molar-refractivity contribution >= 4 is 23.2 Å². The van der Waals surface area contributed by atoms with Gasteiger partial charge in [0.1, 0.15) is 11.4 Å². The van der Waals surface area contributed by atoms with Gasteiger partial charge < -0.3 is 5.32 Å². The second kappa shape index (κ2) is 6.86. The fourth-order valence-corrected chi connectivity index (χ4v) is 3.85. The van der Waals surface area contributed by atoms with Gasteiger partial charge in [-0.05, 0) is 18.6 Å². The number of aliphatic imine (C=N–C) groups is 1. The Bertz CT molecular complexity index is 852. The molecule has 0 aliphatic carbocycles. The van der Waals surface area contributed by atoms with Crippen molar-refractivity contribution in [3.05, 3.63) is 70.2 Å². The molecule has 26 heavy (non-hydrogen) atoms. The molecule has 0 atom stereocenters. The molecule has 4 nitrogen and oxygen atoms in total.